The lowest BCUT2D eigenvalue weighted by Gasteiger charge is -2.34. The van der Waals surface area contributed by atoms with Crippen molar-refractivity contribution in [3.05, 3.63) is 35.4 Å². The molecule has 1 amide bonds. The topological polar surface area (TPSA) is 46.3 Å². The average Bonchev–Trinajstić information content (AvgIpc) is 3.34. The molecule has 0 bridgehead atoms. The molecule has 1 aliphatic carbocycles. The van der Waals surface area contributed by atoms with Crippen LogP contribution in [0.1, 0.15) is 43.2 Å². The zero-order valence-electron chi connectivity index (χ0n) is 13.7. The van der Waals surface area contributed by atoms with Crippen molar-refractivity contribution < 1.29 is 18.0 Å². The second-order valence-corrected chi connectivity index (χ2v) is 7.11. The molecule has 1 aliphatic heterocycles. The minimum atomic E-state index is -4.32. The van der Waals surface area contributed by atoms with E-state index in [9.17, 15) is 18.0 Å². The van der Waals surface area contributed by atoms with Crippen LogP contribution in [0, 0.1) is 11.8 Å². The largest absolute Gasteiger partial charge is 0.416 e. The lowest BCUT2D eigenvalue weighted by atomic mass is 9.92. The van der Waals surface area contributed by atoms with E-state index in [0.717, 1.165) is 43.5 Å². The van der Waals surface area contributed by atoms with E-state index in [0.29, 0.717) is 12.5 Å². The van der Waals surface area contributed by atoms with E-state index in [2.05, 4.69) is 0 Å². The number of nitrogens with zero attached hydrogens (tertiary/aromatic N) is 1. The SMILES string of the molecule is C[C@H](N)[C@@H]1CCCN(C(=O)[C@H]2C[C@@H]2c2ccc(C(F)(F)F)cc2)C1. The number of amides is 1. The molecule has 1 saturated carbocycles. The van der Waals surface area contributed by atoms with E-state index in [-0.39, 0.29) is 23.8 Å². The number of hydrogen-bond donors (Lipinski definition) is 1. The van der Waals surface area contributed by atoms with Crippen LogP contribution >= 0.6 is 0 Å². The van der Waals surface area contributed by atoms with Crippen LogP contribution in [0.25, 0.3) is 0 Å². The lowest BCUT2D eigenvalue weighted by Crippen LogP contribution is -2.45. The molecule has 1 aromatic rings. The maximum atomic E-state index is 12.6. The standard InChI is InChI=1S/C18H23F3N2O/c1-11(22)13-3-2-8-23(10-13)17(24)16-9-15(16)12-4-6-14(7-5-12)18(19,20)21/h4-7,11,13,15-16H,2-3,8-10,22H2,1H3/t11-,13+,15+,16-/m0/s1. The third kappa shape index (κ3) is 3.58. The molecule has 0 spiro atoms. The summed E-state index contributed by atoms with van der Waals surface area (Å²) in [6.45, 7) is 3.44. The molecule has 3 rings (SSSR count). The predicted molar refractivity (Wildman–Crippen MR) is 85.2 cm³/mol. The van der Waals surface area contributed by atoms with Crippen molar-refractivity contribution in [3.8, 4) is 0 Å². The van der Waals surface area contributed by atoms with Crippen LogP contribution < -0.4 is 5.73 Å². The monoisotopic (exact) mass is 340 g/mol. The number of rotatable bonds is 3. The van der Waals surface area contributed by atoms with Gasteiger partial charge in [-0.25, -0.2) is 0 Å². The van der Waals surface area contributed by atoms with E-state index >= 15 is 0 Å². The molecule has 2 fully saturated rings. The Labute approximate surface area is 140 Å². The summed E-state index contributed by atoms with van der Waals surface area (Å²) in [7, 11) is 0. The first-order valence-corrected chi connectivity index (χ1v) is 8.49. The fraction of sp³-hybridized carbons (Fsp3) is 0.611. The van der Waals surface area contributed by atoms with Gasteiger partial charge >= 0.3 is 6.18 Å². The molecule has 6 heteroatoms. The average molecular weight is 340 g/mol. The molecule has 1 heterocycles. The minimum absolute atomic E-state index is 0.0514. The van der Waals surface area contributed by atoms with Gasteiger partial charge in [-0.3, -0.25) is 4.79 Å². The third-order valence-electron chi connectivity index (χ3n) is 5.29. The molecular formula is C18H23F3N2O. The van der Waals surface area contributed by atoms with Gasteiger partial charge in [-0.2, -0.15) is 13.2 Å². The Morgan fingerprint density at radius 1 is 1.29 bits per heavy atom. The highest BCUT2D eigenvalue weighted by Crippen LogP contribution is 2.49. The first-order valence-electron chi connectivity index (χ1n) is 8.49. The molecule has 132 valence electrons. The van der Waals surface area contributed by atoms with Gasteiger partial charge < -0.3 is 10.6 Å². The van der Waals surface area contributed by atoms with E-state index in [1.807, 2.05) is 11.8 Å². The number of carbonyl (C=O) groups excluding carboxylic acids is 1. The van der Waals surface area contributed by atoms with Crippen LogP contribution in [-0.4, -0.2) is 29.9 Å². The highest BCUT2D eigenvalue weighted by atomic mass is 19.4. The molecule has 2 aliphatic rings. The van der Waals surface area contributed by atoms with E-state index in [1.54, 1.807) is 0 Å². The summed E-state index contributed by atoms with van der Waals surface area (Å²) in [5.74, 6) is 0.431. The van der Waals surface area contributed by atoms with Gasteiger partial charge in [0.1, 0.15) is 0 Å². The van der Waals surface area contributed by atoms with Crippen LogP contribution in [-0.2, 0) is 11.0 Å². The van der Waals surface area contributed by atoms with Crippen molar-refractivity contribution in [2.75, 3.05) is 13.1 Å². The van der Waals surface area contributed by atoms with Crippen LogP contribution in [0.2, 0.25) is 0 Å². The Morgan fingerprint density at radius 2 is 1.96 bits per heavy atom. The molecule has 0 radical (unpaired) electrons. The van der Waals surface area contributed by atoms with Gasteiger partial charge in [-0.1, -0.05) is 12.1 Å². The Hall–Kier alpha value is -1.56. The maximum Gasteiger partial charge on any atom is 0.416 e. The zero-order valence-corrected chi connectivity index (χ0v) is 13.7. The number of likely N-dealkylation sites (tertiary alicyclic amines) is 1. The fourth-order valence-electron chi connectivity index (χ4n) is 3.63. The van der Waals surface area contributed by atoms with Gasteiger partial charge in [-0.05, 0) is 55.7 Å². The van der Waals surface area contributed by atoms with Gasteiger partial charge in [0.2, 0.25) is 5.91 Å². The number of alkyl halides is 3. The first kappa shape index (κ1) is 17.3. The molecule has 3 nitrogen and oxygen atoms in total. The van der Waals surface area contributed by atoms with Crippen molar-refractivity contribution in [2.45, 2.75) is 44.3 Å². The summed E-state index contributed by atoms with van der Waals surface area (Å²) in [5.41, 5.74) is 6.13. The number of halogens is 3. The summed E-state index contributed by atoms with van der Waals surface area (Å²) in [4.78, 5) is 14.5. The van der Waals surface area contributed by atoms with Crippen LogP contribution in [0.3, 0.4) is 0 Å². The second-order valence-electron chi connectivity index (χ2n) is 7.11. The van der Waals surface area contributed by atoms with E-state index < -0.39 is 11.7 Å². The van der Waals surface area contributed by atoms with Gasteiger partial charge in [0.25, 0.3) is 0 Å². The summed E-state index contributed by atoms with van der Waals surface area (Å²) >= 11 is 0. The molecule has 2 N–H and O–H groups in total. The van der Waals surface area contributed by atoms with Gasteiger partial charge in [-0.15, -0.1) is 0 Å². The van der Waals surface area contributed by atoms with Crippen LogP contribution in [0.4, 0.5) is 13.2 Å². The summed E-state index contributed by atoms with van der Waals surface area (Å²) in [6.07, 6.45) is -1.58. The van der Waals surface area contributed by atoms with Crippen LogP contribution in [0.5, 0.6) is 0 Å². The molecular weight excluding hydrogens is 317 g/mol. The Bertz CT molecular complexity index is 597. The Kier molecular flexibility index (Phi) is 4.60. The van der Waals surface area contributed by atoms with Crippen molar-refractivity contribution in [1.82, 2.24) is 4.90 Å². The molecule has 0 unspecified atom stereocenters. The van der Waals surface area contributed by atoms with Crippen molar-refractivity contribution >= 4 is 5.91 Å². The highest BCUT2D eigenvalue weighted by Gasteiger charge is 2.46. The third-order valence-corrected chi connectivity index (χ3v) is 5.29. The van der Waals surface area contributed by atoms with E-state index in [4.69, 9.17) is 5.73 Å². The predicted octanol–water partition coefficient (Wildman–Crippen LogP) is 3.39. The Balaban J connectivity index is 1.61. The smallest absolute Gasteiger partial charge is 0.342 e. The number of benzene rings is 1. The van der Waals surface area contributed by atoms with Crippen molar-refractivity contribution in [3.63, 3.8) is 0 Å². The molecule has 4 atom stereocenters. The minimum Gasteiger partial charge on any atom is -0.342 e. The molecule has 1 saturated heterocycles. The fourth-order valence-corrected chi connectivity index (χ4v) is 3.63. The summed E-state index contributed by atoms with van der Waals surface area (Å²) in [6, 6.07) is 5.28. The summed E-state index contributed by atoms with van der Waals surface area (Å²) in [5, 5.41) is 0. The molecule has 0 aromatic heterocycles. The number of carbonyl (C=O) groups is 1. The van der Waals surface area contributed by atoms with Crippen molar-refractivity contribution in [2.24, 2.45) is 17.6 Å². The maximum absolute atomic E-state index is 12.6. The van der Waals surface area contributed by atoms with E-state index in [1.165, 1.54) is 12.1 Å². The molecule has 24 heavy (non-hydrogen) atoms. The first-order chi connectivity index (χ1) is 11.3. The molecule has 1 aromatic carbocycles. The summed E-state index contributed by atoms with van der Waals surface area (Å²) < 4.78 is 37.8. The number of piperidine rings is 1. The van der Waals surface area contributed by atoms with Gasteiger partial charge in [0, 0.05) is 25.0 Å². The normalized spacial score (nSPS) is 28.5. The number of hydrogen-bond acceptors (Lipinski definition) is 2. The van der Waals surface area contributed by atoms with Crippen LogP contribution in [0.15, 0.2) is 24.3 Å². The second kappa shape index (κ2) is 6.39. The zero-order chi connectivity index (χ0) is 17.5. The van der Waals surface area contributed by atoms with Gasteiger partial charge in [0.15, 0.2) is 0 Å². The Morgan fingerprint density at radius 3 is 2.54 bits per heavy atom. The lowest BCUT2D eigenvalue weighted by molar-refractivity contribution is -0.137. The van der Waals surface area contributed by atoms with Gasteiger partial charge in [0.05, 0.1) is 5.56 Å². The number of nitrogens with two attached hydrogens (primary N) is 1. The quantitative estimate of drug-likeness (QED) is 0.917. The highest BCUT2D eigenvalue weighted by molar-refractivity contribution is 5.83. The van der Waals surface area contributed by atoms with Crippen molar-refractivity contribution in [1.29, 1.82) is 0 Å².